The van der Waals surface area contributed by atoms with Crippen molar-refractivity contribution in [2.45, 2.75) is 45.3 Å². The third-order valence-electron chi connectivity index (χ3n) is 4.98. The molecule has 1 saturated heterocycles. The summed E-state index contributed by atoms with van der Waals surface area (Å²) in [5.74, 6) is 2.86. The van der Waals surface area contributed by atoms with Gasteiger partial charge in [0.2, 0.25) is 0 Å². The average Bonchev–Trinajstić information content (AvgIpc) is 3.02. The molecule has 0 aromatic carbocycles. The van der Waals surface area contributed by atoms with E-state index in [0.29, 0.717) is 5.92 Å². The molecular formula is C17H24N6. The van der Waals surface area contributed by atoms with Gasteiger partial charge in [0, 0.05) is 37.4 Å². The molecule has 0 aliphatic carbocycles. The molecule has 4 heterocycles. The van der Waals surface area contributed by atoms with Crippen molar-refractivity contribution >= 4 is 0 Å². The van der Waals surface area contributed by atoms with Crippen molar-refractivity contribution in [1.29, 1.82) is 0 Å². The van der Waals surface area contributed by atoms with Crippen LogP contribution in [0.1, 0.15) is 41.7 Å². The summed E-state index contributed by atoms with van der Waals surface area (Å²) in [6.45, 7) is 8.17. The summed E-state index contributed by atoms with van der Waals surface area (Å²) in [7, 11) is 0. The third-order valence-corrected chi connectivity index (χ3v) is 4.98. The SMILES string of the molecule is Cc1ccc(CN2CCC(c3nnc4n3CCNC4)CC2)cn1. The predicted octanol–water partition coefficient (Wildman–Crippen LogP) is 1.46. The van der Waals surface area contributed by atoms with E-state index in [2.05, 4.69) is 42.1 Å². The number of rotatable bonds is 3. The summed E-state index contributed by atoms with van der Waals surface area (Å²) in [5, 5.41) is 12.2. The molecule has 0 bridgehead atoms. The number of hydrogen-bond acceptors (Lipinski definition) is 5. The molecule has 0 amide bonds. The van der Waals surface area contributed by atoms with Crippen molar-refractivity contribution in [3.8, 4) is 0 Å². The van der Waals surface area contributed by atoms with Gasteiger partial charge in [-0.25, -0.2) is 0 Å². The molecule has 2 aromatic rings. The van der Waals surface area contributed by atoms with Crippen molar-refractivity contribution in [3.63, 3.8) is 0 Å². The van der Waals surface area contributed by atoms with Gasteiger partial charge in [0.15, 0.2) is 0 Å². The Bertz CT molecular complexity index is 654. The summed E-state index contributed by atoms with van der Waals surface area (Å²) < 4.78 is 2.33. The molecule has 122 valence electrons. The highest BCUT2D eigenvalue weighted by atomic mass is 15.3. The van der Waals surface area contributed by atoms with Crippen LogP contribution in [0.3, 0.4) is 0 Å². The summed E-state index contributed by atoms with van der Waals surface area (Å²) in [6, 6.07) is 4.29. The number of pyridine rings is 1. The number of aryl methyl sites for hydroxylation is 1. The lowest BCUT2D eigenvalue weighted by Crippen LogP contribution is -2.34. The monoisotopic (exact) mass is 312 g/mol. The van der Waals surface area contributed by atoms with Crippen LogP contribution >= 0.6 is 0 Å². The van der Waals surface area contributed by atoms with Gasteiger partial charge in [0.1, 0.15) is 11.6 Å². The molecule has 6 heteroatoms. The van der Waals surface area contributed by atoms with E-state index in [4.69, 9.17) is 0 Å². The van der Waals surface area contributed by atoms with E-state index in [1.807, 2.05) is 13.1 Å². The molecule has 2 aromatic heterocycles. The molecule has 2 aliphatic heterocycles. The third kappa shape index (κ3) is 3.14. The standard InChI is InChI=1S/C17H24N6/c1-13-2-3-14(10-19-13)12-22-7-4-15(5-8-22)17-21-20-16-11-18-6-9-23(16)17/h2-3,10,15,18H,4-9,11-12H2,1H3. The minimum absolute atomic E-state index is 0.557. The minimum Gasteiger partial charge on any atom is -0.312 e. The van der Waals surface area contributed by atoms with Crippen LogP contribution in [0.2, 0.25) is 0 Å². The number of piperidine rings is 1. The fourth-order valence-electron chi connectivity index (χ4n) is 3.62. The molecule has 23 heavy (non-hydrogen) atoms. The quantitative estimate of drug-likeness (QED) is 0.930. The highest BCUT2D eigenvalue weighted by Gasteiger charge is 2.26. The first-order valence-corrected chi connectivity index (χ1v) is 8.56. The summed E-state index contributed by atoms with van der Waals surface area (Å²) >= 11 is 0. The van der Waals surface area contributed by atoms with Gasteiger partial charge in [-0.1, -0.05) is 6.07 Å². The Hall–Kier alpha value is -1.79. The number of nitrogens with zero attached hydrogens (tertiary/aromatic N) is 5. The molecule has 0 unspecified atom stereocenters. The molecule has 0 spiro atoms. The Kier molecular flexibility index (Phi) is 4.10. The molecule has 0 atom stereocenters. The first-order chi connectivity index (χ1) is 11.3. The van der Waals surface area contributed by atoms with Gasteiger partial charge < -0.3 is 9.88 Å². The average molecular weight is 312 g/mol. The fourth-order valence-corrected chi connectivity index (χ4v) is 3.62. The highest BCUT2D eigenvalue weighted by Crippen LogP contribution is 2.28. The van der Waals surface area contributed by atoms with Crippen LogP contribution in [0.15, 0.2) is 18.3 Å². The van der Waals surface area contributed by atoms with Gasteiger partial charge in [-0.2, -0.15) is 0 Å². The van der Waals surface area contributed by atoms with Gasteiger partial charge in [-0.05, 0) is 44.5 Å². The first-order valence-electron chi connectivity index (χ1n) is 8.56. The van der Waals surface area contributed by atoms with Crippen LogP contribution in [-0.2, 0) is 19.6 Å². The normalized spacial score (nSPS) is 19.7. The van der Waals surface area contributed by atoms with Gasteiger partial charge in [-0.15, -0.1) is 10.2 Å². The Morgan fingerprint density at radius 1 is 1.17 bits per heavy atom. The van der Waals surface area contributed by atoms with Crippen LogP contribution in [-0.4, -0.2) is 44.3 Å². The zero-order valence-electron chi connectivity index (χ0n) is 13.7. The fraction of sp³-hybridized carbons (Fsp3) is 0.588. The van der Waals surface area contributed by atoms with E-state index in [1.165, 1.54) is 24.2 Å². The lowest BCUT2D eigenvalue weighted by atomic mass is 9.95. The van der Waals surface area contributed by atoms with Crippen LogP contribution in [0.5, 0.6) is 0 Å². The van der Waals surface area contributed by atoms with Crippen LogP contribution < -0.4 is 5.32 Å². The van der Waals surface area contributed by atoms with E-state index in [-0.39, 0.29) is 0 Å². The second kappa shape index (κ2) is 6.37. The number of aromatic nitrogens is 4. The molecule has 6 nitrogen and oxygen atoms in total. The van der Waals surface area contributed by atoms with E-state index in [1.54, 1.807) is 0 Å². The number of nitrogens with one attached hydrogen (secondary N) is 1. The minimum atomic E-state index is 0.557. The maximum Gasteiger partial charge on any atom is 0.147 e. The first kappa shape index (κ1) is 14.8. The summed E-state index contributed by atoms with van der Waals surface area (Å²) in [4.78, 5) is 6.92. The topological polar surface area (TPSA) is 58.9 Å². The Morgan fingerprint density at radius 3 is 2.83 bits per heavy atom. The van der Waals surface area contributed by atoms with E-state index in [0.717, 1.165) is 50.8 Å². The lowest BCUT2D eigenvalue weighted by molar-refractivity contribution is 0.199. The van der Waals surface area contributed by atoms with Crippen molar-refractivity contribution < 1.29 is 0 Å². The Balaban J connectivity index is 1.37. The van der Waals surface area contributed by atoms with E-state index >= 15 is 0 Å². The van der Waals surface area contributed by atoms with E-state index < -0.39 is 0 Å². The highest BCUT2D eigenvalue weighted by molar-refractivity contribution is 5.13. The molecule has 0 saturated carbocycles. The van der Waals surface area contributed by atoms with Crippen LogP contribution in [0.25, 0.3) is 0 Å². The van der Waals surface area contributed by atoms with Crippen LogP contribution in [0.4, 0.5) is 0 Å². The predicted molar refractivity (Wildman–Crippen MR) is 88.0 cm³/mol. The Labute approximate surface area is 136 Å². The maximum absolute atomic E-state index is 4.48. The van der Waals surface area contributed by atoms with Crippen molar-refractivity contribution in [1.82, 2.24) is 30.0 Å². The second-order valence-corrected chi connectivity index (χ2v) is 6.66. The van der Waals surface area contributed by atoms with Gasteiger partial charge in [0.05, 0.1) is 6.54 Å². The number of hydrogen-bond donors (Lipinski definition) is 1. The largest absolute Gasteiger partial charge is 0.312 e. The van der Waals surface area contributed by atoms with Crippen molar-refractivity contribution in [3.05, 3.63) is 41.2 Å². The number of fused-ring (bicyclic) bond motifs is 1. The lowest BCUT2D eigenvalue weighted by Gasteiger charge is -2.32. The molecule has 2 aliphatic rings. The smallest absolute Gasteiger partial charge is 0.147 e. The van der Waals surface area contributed by atoms with Crippen molar-refractivity contribution in [2.75, 3.05) is 19.6 Å². The van der Waals surface area contributed by atoms with Crippen molar-refractivity contribution in [2.24, 2.45) is 0 Å². The zero-order valence-corrected chi connectivity index (χ0v) is 13.7. The summed E-state index contributed by atoms with van der Waals surface area (Å²) in [5.41, 5.74) is 2.39. The van der Waals surface area contributed by atoms with E-state index in [9.17, 15) is 0 Å². The molecular weight excluding hydrogens is 288 g/mol. The molecule has 1 fully saturated rings. The maximum atomic E-state index is 4.48. The molecule has 4 rings (SSSR count). The van der Waals surface area contributed by atoms with Crippen LogP contribution in [0, 0.1) is 6.92 Å². The second-order valence-electron chi connectivity index (χ2n) is 6.66. The van der Waals surface area contributed by atoms with Gasteiger partial charge in [-0.3, -0.25) is 9.88 Å². The molecule has 1 N–H and O–H groups in total. The zero-order chi connectivity index (χ0) is 15.6. The molecule has 0 radical (unpaired) electrons. The Morgan fingerprint density at radius 2 is 2.04 bits per heavy atom. The summed E-state index contributed by atoms with van der Waals surface area (Å²) in [6.07, 6.45) is 4.35. The van der Waals surface area contributed by atoms with Gasteiger partial charge >= 0.3 is 0 Å². The number of likely N-dealkylation sites (tertiary alicyclic amines) is 1. The van der Waals surface area contributed by atoms with Gasteiger partial charge in [0.25, 0.3) is 0 Å².